The number of carbonyl (C=O) groups is 1. The summed E-state index contributed by atoms with van der Waals surface area (Å²) in [6, 6.07) is 5.36. The average molecular weight is 284 g/mol. The van der Waals surface area contributed by atoms with E-state index in [0.717, 1.165) is 30.3 Å². The number of rotatable bonds is 4. The van der Waals surface area contributed by atoms with Gasteiger partial charge in [0.2, 0.25) is 5.78 Å². The second-order valence-corrected chi connectivity index (χ2v) is 3.89. The highest BCUT2D eigenvalue weighted by Crippen LogP contribution is 2.21. The van der Waals surface area contributed by atoms with Gasteiger partial charge in [0, 0.05) is 0 Å². The Morgan fingerprint density at radius 3 is 2.25 bits per heavy atom. The monoisotopic (exact) mass is 284 g/mol. The molecule has 0 amide bonds. The first-order valence-electron chi connectivity index (χ1n) is 5.54. The summed E-state index contributed by atoms with van der Waals surface area (Å²) in [6.45, 7) is -0.807. The van der Waals surface area contributed by atoms with E-state index in [2.05, 4.69) is 4.74 Å². The van der Waals surface area contributed by atoms with Gasteiger partial charge in [0.25, 0.3) is 0 Å². The Morgan fingerprint density at radius 1 is 0.950 bits per heavy atom. The molecule has 0 aliphatic heterocycles. The first kappa shape index (κ1) is 14.0. The predicted molar refractivity (Wildman–Crippen MR) is 62.5 cm³/mol. The van der Waals surface area contributed by atoms with Crippen LogP contribution in [-0.2, 0) is 0 Å². The van der Waals surface area contributed by atoms with Gasteiger partial charge in [0.05, 0.1) is 5.56 Å². The SMILES string of the molecule is O=C(COc1c(F)cccc1F)c1cc(F)ccc1F. The van der Waals surface area contributed by atoms with Crippen LogP contribution in [0.5, 0.6) is 5.75 Å². The van der Waals surface area contributed by atoms with Gasteiger partial charge in [-0.3, -0.25) is 4.79 Å². The van der Waals surface area contributed by atoms with Crippen molar-refractivity contribution in [3.8, 4) is 5.75 Å². The van der Waals surface area contributed by atoms with Crippen LogP contribution in [0.2, 0.25) is 0 Å². The molecule has 0 saturated heterocycles. The van der Waals surface area contributed by atoms with E-state index in [1.807, 2.05) is 0 Å². The molecular formula is C14H8F4O2. The summed E-state index contributed by atoms with van der Waals surface area (Å²) in [4.78, 5) is 11.6. The summed E-state index contributed by atoms with van der Waals surface area (Å²) in [5, 5.41) is 0. The largest absolute Gasteiger partial charge is 0.479 e. The van der Waals surface area contributed by atoms with Crippen LogP contribution in [0, 0.1) is 23.3 Å². The first-order valence-corrected chi connectivity index (χ1v) is 5.54. The molecule has 0 aromatic heterocycles. The van der Waals surface area contributed by atoms with Crippen molar-refractivity contribution in [1.82, 2.24) is 0 Å². The van der Waals surface area contributed by atoms with E-state index in [4.69, 9.17) is 0 Å². The zero-order valence-electron chi connectivity index (χ0n) is 10.00. The van der Waals surface area contributed by atoms with E-state index in [1.54, 1.807) is 0 Å². The van der Waals surface area contributed by atoms with Crippen molar-refractivity contribution in [3.63, 3.8) is 0 Å². The fraction of sp³-hybridized carbons (Fsp3) is 0.0714. The van der Waals surface area contributed by atoms with Crippen molar-refractivity contribution in [1.29, 1.82) is 0 Å². The van der Waals surface area contributed by atoms with Gasteiger partial charge in [0.1, 0.15) is 11.6 Å². The van der Waals surface area contributed by atoms with Gasteiger partial charge in [-0.25, -0.2) is 17.6 Å². The van der Waals surface area contributed by atoms with Crippen molar-refractivity contribution in [2.45, 2.75) is 0 Å². The van der Waals surface area contributed by atoms with E-state index in [0.29, 0.717) is 6.07 Å². The molecule has 20 heavy (non-hydrogen) atoms. The highest BCUT2D eigenvalue weighted by atomic mass is 19.1. The second-order valence-electron chi connectivity index (χ2n) is 3.89. The number of benzene rings is 2. The minimum atomic E-state index is -0.988. The molecule has 6 heteroatoms. The molecule has 2 aromatic rings. The molecular weight excluding hydrogens is 276 g/mol. The lowest BCUT2D eigenvalue weighted by Gasteiger charge is -2.08. The third kappa shape index (κ3) is 2.96. The molecule has 0 aliphatic carbocycles. The Morgan fingerprint density at radius 2 is 1.60 bits per heavy atom. The number of ketones is 1. The van der Waals surface area contributed by atoms with E-state index >= 15 is 0 Å². The van der Waals surface area contributed by atoms with Gasteiger partial charge in [-0.1, -0.05) is 6.07 Å². The van der Waals surface area contributed by atoms with Crippen molar-refractivity contribution in [2.24, 2.45) is 0 Å². The van der Waals surface area contributed by atoms with E-state index in [1.165, 1.54) is 0 Å². The molecule has 104 valence electrons. The van der Waals surface area contributed by atoms with Crippen LogP contribution in [0.3, 0.4) is 0 Å². The third-order valence-corrected chi connectivity index (χ3v) is 2.50. The molecule has 0 radical (unpaired) electrons. The lowest BCUT2D eigenvalue weighted by molar-refractivity contribution is 0.0911. The zero-order valence-corrected chi connectivity index (χ0v) is 10.00. The number of para-hydroxylation sites is 1. The highest BCUT2D eigenvalue weighted by Gasteiger charge is 2.16. The number of carbonyl (C=O) groups excluding carboxylic acids is 1. The standard InChI is InChI=1S/C14H8F4O2/c15-8-4-5-10(16)9(6-8)13(19)7-20-14-11(17)2-1-3-12(14)18/h1-6H,7H2. The Bertz CT molecular complexity index is 635. The molecule has 0 N–H and O–H groups in total. The van der Waals surface area contributed by atoms with Crippen LogP contribution in [0.4, 0.5) is 17.6 Å². The summed E-state index contributed by atoms with van der Waals surface area (Å²) >= 11 is 0. The fourth-order valence-corrected chi connectivity index (χ4v) is 1.55. The average Bonchev–Trinajstić information content (AvgIpc) is 2.40. The smallest absolute Gasteiger partial charge is 0.203 e. The van der Waals surface area contributed by atoms with Gasteiger partial charge >= 0.3 is 0 Å². The highest BCUT2D eigenvalue weighted by molar-refractivity contribution is 5.97. The third-order valence-electron chi connectivity index (χ3n) is 2.50. The van der Waals surface area contributed by atoms with Crippen LogP contribution in [0.25, 0.3) is 0 Å². The summed E-state index contributed by atoms with van der Waals surface area (Å²) in [6.07, 6.45) is 0. The molecule has 2 rings (SSSR count). The van der Waals surface area contributed by atoms with Crippen molar-refractivity contribution in [2.75, 3.05) is 6.61 Å². The van der Waals surface area contributed by atoms with E-state index in [9.17, 15) is 22.4 Å². The van der Waals surface area contributed by atoms with Crippen LogP contribution in [-0.4, -0.2) is 12.4 Å². The fourth-order valence-electron chi connectivity index (χ4n) is 1.55. The summed E-state index contributed by atoms with van der Waals surface area (Å²) in [5.74, 6) is -5.38. The molecule has 0 heterocycles. The van der Waals surface area contributed by atoms with Crippen LogP contribution < -0.4 is 4.74 Å². The van der Waals surface area contributed by atoms with Crippen LogP contribution >= 0.6 is 0 Å². The summed E-state index contributed by atoms with van der Waals surface area (Å²) in [5.41, 5.74) is -0.540. The number of halogens is 4. The van der Waals surface area contributed by atoms with E-state index in [-0.39, 0.29) is 0 Å². The molecule has 2 aromatic carbocycles. The Hall–Kier alpha value is -2.37. The van der Waals surface area contributed by atoms with Gasteiger partial charge in [-0.05, 0) is 30.3 Å². The second kappa shape index (κ2) is 5.73. The Balaban J connectivity index is 2.15. The molecule has 0 bridgehead atoms. The van der Waals surface area contributed by atoms with Crippen LogP contribution in [0.1, 0.15) is 10.4 Å². The Kier molecular flexibility index (Phi) is 4.02. The normalized spacial score (nSPS) is 10.4. The number of hydrogen-bond donors (Lipinski definition) is 0. The molecule has 2 nitrogen and oxygen atoms in total. The molecule has 0 aliphatic rings. The molecule has 0 spiro atoms. The number of ether oxygens (including phenoxy) is 1. The maximum atomic E-state index is 13.3. The Labute approximate surface area is 111 Å². The maximum absolute atomic E-state index is 13.3. The van der Waals surface area contributed by atoms with Gasteiger partial charge < -0.3 is 4.74 Å². The molecule has 0 saturated carbocycles. The minimum absolute atomic E-state index is 0.540. The predicted octanol–water partition coefficient (Wildman–Crippen LogP) is 3.50. The van der Waals surface area contributed by atoms with Crippen LogP contribution in [0.15, 0.2) is 36.4 Å². The van der Waals surface area contributed by atoms with E-state index < -0.39 is 47.0 Å². The maximum Gasteiger partial charge on any atom is 0.203 e. The first-order chi connectivity index (χ1) is 9.49. The summed E-state index contributed by atoms with van der Waals surface area (Å²) in [7, 11) is 0. The van der Waals surface area contributed by atoms with Crippen molar-refractivity contribution < 1.29 is 27.1 Å². The van der Waals surface area contributed by atoms with Gasteiger partial charge in [-0.15, -0.1) is 0 Å². The lowest BCUT2D eigenvalue weighted by atomic mass is 10.1. The zero-order chi connectivity index (χ0) is 14.7. The van der Waals surface area contributed by atoms with Gasteiger partial charge in [0.15, 0.2) is 24.0 Å². The molecule has 0 unspecified atom stereocenters. The molecule has 0 fully saturated rings. The molecule has 0 atom stereocenters. The number of Topliss-reactive ketones (excluding diaryl/α,β-unsaturated/α-hetero) is 1. The van der Waals surface area contributed by atoms with Gasteiger partial charge in [-0.2, -0.15) is 0 Å². The van der Waals surface area contributed by atoms with Crippen molar-refractivity contribution >= 4 is 5.78 Å². The topological polar surface area (TPSA) is 26.3 Å². The lowest BCUT2D eigenvalue weighted by Crippen LogP contribution is -2.14. The quantitative estimate of drug-likeness (QED) is 0.634. The number of hydrogen-bond acceptors (Lipinski definition) is 2. The van der Waals surface area contributed by atoms with Crippen molar-refractivity contribution in [3.05, 3.63) is 65.2 Å². The minimum Gasteiger partial charge on any atom is -0.479 e. The summed E-state index contributed by atoms with van der Waals surface area (Å²) < 4.78 is 57.4.